The van der Waals surface area contributed by atoms with E-state index in [4.69, 9.17) is 4.74 Å². The zero-order chi connectivity index (χ0) is 12.1. The van der Waals surface area contributed by atoms with Crippen LogP contribution in [0.1, 0.15) is 13.3 Å². The van der Waals surface area contributed by atoms with Crippen molar-refractivity contribution in [2.45, 2.75) is 29.5 Å². The second-order valence-electron chi connectivity index (χ2n) is 4.14. The van der Waals surface area contributed by atoms with Gasteiger partial charge in [0.25, 0.3) is 0 Å². The first-order valence-electron chi connectivity index (χ1n) is 6.03. The summed E-state index contributed by atoms with van der Waals surface area (Å²) in [7, 11) is 0. The summed E-state index contributed by atoms with van der Waals surface area (Å²) in [4.78, 5) is 1.30. The van der Waals surface area contributed by atoms with Crippen LogP contribution in [-0.4, -0.2) is 31.1 Å². The Morgan fingerprint density at radius 3 is 3.18 bits per heavy atom. The molecule has 1 saturated heterocycles. The van der Waals surface area contributed by atoms with Crippen LogP contribution < -0.4 is 5.32 Å². The molecule has 4 heteroatoms. The second kappa shape index (κ2) is 6.78. The van der Waals surface area contributed by atoms with E-state index in [1.54, 1.807) is 0 Å². The van der Waals surface area contributed by atoms with Gasteiger partial charge in [0, 0.05) is 27.3 Å². The SMILES string of the molecule is CCNC1CCOCC1Sc1cccc(Br)c1. The number of nitrogens with one attached hydrogen (secondary N) is 1. The maximum absolute atomic E-state index is 5.59. The second-order valence-corrected chi connectivity index (χ2v) is 6.37. The highest BCUT2D eigenvalue weighted by molar-refractivity contribution is 9.10. The van der Waals surface area contributed by atoms with Crippen LogP contribution in [0.3, 0.4) is 0 Å². The van der Waals surface area contributed by atoms with Gasteiger partial charge in [0.05, 0.1) is 6.61 Å². The van der Waals surface area contributed by atoms with Gasteiger partial charge in [-0.3, -0.25) is 0 Å². The Hall–Kier alpha value is -0.0300. The molecule has 2 rings (SSSR count). The normalized spacial score (nSPS) is 24.8. The third-order valence-corrected chi connectivity index (χ3v) is 4.64. The van der Waals surface area contributed by atoms with Crippen LogP contribution in [0.4, 0.5) is 0 Å². The first-order chi connectivity index (χ1) is 8.29. The molecule has 17 heavy (non-hydrogen) atoms. The number of halogens is 1. The molecule has 0 bridgehead atoms. The fraction of sp³-hybridized carbons (Fsp3) is 0.538. The van der Waals surface area contributed by atoms with Gasteiger partial charge in [-0.2, -0.15) is 0 Å². The molecule has 1 aliphatic rings. The number of benzene rings is 1. The Morgan fingerprint density at radius 1 is 1.53 bits per heavy atom. The van der Waals surface area contributed by atoms with Crippen LogP contribution in [0.25, 0.3) is 0 Å². The Kier molecular flexibility index (Phi) is 5.35. The van der Waals surface area contributed by atoms with Crippen LogP contribution in [0.5, 0.6) is 0 Å². The molecule has 1 aromatic rings. The van der Waals surface area contributed by atoms with Gasteiger partial charge >= 0.3 is 0 Å². The van der Waals surface area contributed by atoms with Crippen LogP contribution in [0, 0.1) is 0 Å². The number of thioether (sulfide) groups is 1. The van der Waals surface area contributed by atoms with E-state index in [0.717, 1.165) is 30.7 Å². The van der Waals surface area contributed by atoms with Gasteiger partial charge in [-0.05, 0) is 31.2 Å². The van der Waals surface area contributed by atoms with Crippen molar-refractivity contribution < 1.29 is 4.74 Å². The van der Waals surface area contributed by atoms with Gasteiger partial charge in [0.15, 0.2) is 0 Å². The summed E-state index contributed by atoms with van der Waals surface area (Å²) in [6.07, 6.45) is 1.11. The molecule has 0 radical (unpaired) electrons. The van der Waals surface area contributed by atoms with E-state index in [0.29, 0.717) is 11.3 Å². The average Bonchev–Trinajstić information content (AvgIpc) is 2.32. The molecule has 1 aliphatic heterocycles. The lowest BCUT2D eigenvalue weighted by Crippen LogP contribution is -2.44. The van der Waals surface area contributed by atoms with Crippen LogP contribution >= 0.6 is 27.7 Å². The highest BCUT2D eigenvalue weighted by Gasteiger charge is 2.25. The van der Waals surface area contributed by atoms with Crippen LogP contribution in [-0.2, 0) is 4.74 Å². The van der Waals surface area contributed by atoms with Gasteiger partial charge in [-0.15, -0.1) is 11.8 Å². The minimum absolute atomic E-state index is 0.512. The predicted molar refractivity (Wildman–Crippen MR) is 76.7 cm³/mol. The maximum Gasteiger partial charge on any atom is 0.0603 e. The zero-order valence-corrected chi connectivity index (χ0v) is 12.4. The average molecular weight is 316 g/mol. The Morgan fingerprint density at radius 2 is 2.41 bits per heavy atom. The maximum atomic E-state index is 5.59. The minimum Gasteiger partial charge on any atom is -0.380 e. The fourth-order valence-corrected chi connectivity index (χ4v) is 3.85. The molecule has 2 unspecified atom stereocenters. The highest BCUT2D eigenvalue weighted by atomic mass is 79.9. The van der Waals surface area contributed by atoms with E-state index < -0.39 is 0 Å². The van der Waals surface area contributed by atoms with Crippen LogP contribution in [0.2, 0.25) is 0 Å². The van der Waals surface area contributed by atoms with Crippen molar-refractivity contribution >= 4 is 27.7 Å². The molecule has 1 aromatic carbocycles. The monoisotopic (exact) mass is 315 g/mol. The van der Waals surface area contributed by atoms with Crippen molar-refractivity contribution in [2.75, 3.05) is 19.8 Å². The third kappa shape index (κ3) is 3.98. The molecule has 0 saturated carbocycles. The lowest BCUT2D eigenvalue weighted by Gasteiger charge is -2.31. The Bertz CT molecular complexity index is 359. The molecular formula is C13H18BrNOS. The molecule has 2 nitrogen and oxygen atoms in total. The van der Waals surface area contributed by atoms with Crippen molar-refractivity contribution in [3.63, 3.8) is 0 Å². The molecule has 0 spiro atoms. The summed E-state index contributed by atoms with van der Waals surface area (Å²) >= 11 is 5.42. The Balaban J connectivity index is 2.00. The van der Waals surface area contributed by atoms with E-state index in [2.05, 4.69) is 52.4 Å². The molecule has 94 valence electrons. The van der Waals surface area contributed by atoms with E-state index in [1.165, 1.54) is 4.90 Å². The van der Waals surface area contributed by atoms with Crippen molar-refractivity contribution in [1.29, 1.82) is 0 Å². The summed E-state index contributed by atoms with van der Waals surface area (Å²) < 4.78 is 6.73. The molecule has 2 atom stereocenters. The van der Waals surface area contributed by atoms with Gasteiger partial charge in [0.1, 0.15) is 0 Å². The highest BCUT2D eigenvalue weighted by Crippen LogP contribution is 2.30. The van der Waals surface area contributed by atoms with E-state index in [9.17, 15) is 0 Å². The molecule has 1 N–H and O–H groups in total. The van der Waals surface area contributed by atoms with Crippen molar-refractivity contribution in [3.8, 4) is 0 Å². The van der Waals surface area contributed by atoms with E-state index in [-0.39, 0.29) is 0 Å². The standard InChI is InChI=1S/C13H18BrNOS/c1-2-15-12-6-7-16-9-13(12)17-11-5-3-4-10(14)8-11/h3-5,8,12-13,15H,2,6-7,9H2,1H3. The first-order valence-corrected chi connectivity index (χ1v) is 7.70. The molecule has 0 aromatic heterocycles. The quantitative estimate of drug-likeness (QED) is 0.921. The van der Waals surface area contributed by atoms with Crippen molar-refractivity contribution in [3.05, 3.63) is 28.7 Å². The van der Waals surface area contributed by atoms with Crippen molar-refractivity contribution in [2.24, 2.45) is 0 Å². The number of ether oxygens (including phenoxy) is 1. The summed E-state index contributed by atoms with van der Waals surface area (Å²) in [5.74, 6) is 0. The topological polar surface area (TPSA) is 21.3 Å². The largest absolute Gasteiger partial charge is 0.380 e. The molecule has 0 amide bonds. The number of rotatable bonds is 4. The molecular weight excluding hydrogens is 298 g/mol. The number of hydrogen-bond donors (Lipinski definition) is 1. The van der Waals surface area contributed by atoms with Gasteiger partial charge in [-0.1, -0.05) is 28.9 Å². The fourth-order valence-electron chi connectivity index (χ4n) is 2.04. The molecule has 0 aliphatic carbocycles. The third-order valence-electron chi connectivity index (χ3n) is 2.85. The first kappa shape index (κ1) is 13.4. The van der Waals surface area contributed by atoms with Crippen molar-refractivity contribution in [1.82, 2.24) is 5.32 Å². The minimum atomic E-state index is 0.512. The molecule has 1 fully saturated rings. The van der Waals surface area contributed by atoms with Gasteiger partial charge < -0.3 is 10.1 Å². The predicted octanol–water partition coefficient (Wildman–Crippen LogP) is 3.31. The lowest BCUT2D eigenvalue weighted by atomic mass is 10.1. The van der Waals surface area contributed by atoms with Crippen LogP contribution in [0.15, 0.2) is 33.6 Å². The van der Waals surface area contributed by atoms with Gasteiger partial charge in [-0.25, -0.2) is 0 Å². The smallest absolute Gasteiger partial charge is 0.0603 e. The zero-order valence-electron chi connectivity index (χ0n) is 9.99. The Labute approximate surface area is 116 Å². The summed E-state index contributed by atoms with van der Waals surface area (Å²) in [6.45, 7) is 4.92. The summed E-state index contributed by atoms with van der Waals surface area (Å²) in [6, 6.07) is 9.04. The van der Waals surface area contributed by atoms with Gasteiger partial charge in [0.2, 0.25) is 0 Å². The summed E-state index contributed by atoms with van der Waals surface area (Å²) in [5, 5.41) is 4.07. The molecule has 1 heterocycles. The van der Waals surface area contributed by atoms with E-state index in [1.807, 2.05) is 11.8 Å². The summed E-state index contributed by atoms with van der Waals surface area (Å²) in [5.41, 5.74) is 0. The van der Waals surface area contributed by atoms with E-state index >= 15 is 0 Å². The number of hydrogen-bond acceptors (Lipinski definition) is 3. The lowest BCUT2D eigenvalue weighted by molar-refractivity contribution is 0.0837.